The second-order valence-electron chi connectivity index (χ2n) is 9.61. The molecule has 10 heteroatoms. The van der Waals surface area contributed by atoms with Crippen LogP contribution < -0.4 is 10.6 Å². The van der Waals surface area contributed by atoms with Crippen molar-refractivity contribution in [1.29, 1.82) is 0 Å². The summed E-state index contributed by atoms with van der Waals surface area (Å²) in [7, 11) is 0. The number of aliphatic carboxylic acids is 1. The monoisotopic (exact) mass is 555 g/mol. The Balaban J connectivity index is 0.000000559. The molecule has 1 fully saturated rings. The van der Waals surface area contributed by atoms with Crippen LogP contribution in [0.2, 0.25) is 0 Å². The van der Waals surface area contributed by atoms with Gasteiger partial charge in [0.25, 0.3) is 5.91 Å². The van der Waals surface area contributed by atoms with Gasteiger partial charge in [-0.25, -0.2) is 4.79 Å². The maximum atomic E-state index is 12.6. The number of hydrogen-bond acceptors (Lipinski definition) is 5. The van der Waals surface area contributed by atoms with Crippen LogP contribution in [0.1, 0.15) is 45.7 Å². The molecule has 4 rings (SSSR count). The zero-order valence-electron chi connectivity index (χ0n) is 22.3. The van der Waals surface area contributed by atoms with Gasteiger partial charge in [0.15, 0.2) is 5.78 Å². The Morgan fingerprint density at radius 2 is 1.52 bits per heavy atom. The molecule has 0 aromatic heterocycles. The van der Waals surface area contributed by atoms with Crippen molar-refractivity contribution >= 4 is 17.7 Å². The third-order valence-corrected chi connectivity index (χ3v) is 6.27. The molecule has 0 radical (unpaired) electrons. The summed E-state index contributed by atoms with van der Waals surface area (Å²) in [6.07, 6.45) is -5.08. The first-order chi connectivity index (χ1) is 18.9. The fourth-order valence-electron chi connectivity index (χ4n) is 4.29. The van der Waals surface area contributed by atoms with Crippen molar-refractivity contribution in [3.63, 3.8) is 0 Å². The van der Waals surface area contributed by atoms with E-state index in [-0.39, 0.29) is 11.7 Å². The van der Waals surface area contributed by atoms with E-state index in [4.69, 9.17) is 9.90 Å². The van der Waals surface area contributed by atoms with Gasteiger partial charge in [0, 0.05) is 49.9 Å². The number of Topliss-reactive ketones (excluding diaryl/α,β-unsaturated/α-hetero) is 1. The molecule has 40 heavy (non-hydrogen) atoms. The lowest BCUT2D eigenvalue weighted by atomic mass is 10.0. The minimum atomic E-state index is -5.08. The largest absolute Gasteiger partial charge is 0.490 e. The number of rotatable bonds is 7. The van der Waals surface area contributed by atoms with E-state index in [9.17, 15) is 22.8 Å². The van der Waals surface area contributed by atoms with Gasteiger partial charge in [-0.3, -0.25) is 14.5 Å². The molecule has 1 unspecified atom stereocenters. The van der Waals surface area contributed by atoms with Crippen LogP contribution in [0.25, 0.3) is 11.1 Å². The second-order valence-corrected chi connectivity index (χ2v) is 9.61. The molecule has 1 amide bonds. The van der Waals surface area contributed by atoms with Gasteiger partial charge in [-0.15, -0.1) is 0 Å². The zero-order chi connectivity index (χ0) is 29.3. The van der Waals surface area contributed by atoms with Gasteiger partial charge in [0.2, 0.25) is 0 Å². The first kappa shape index (κ1) is 30.5. The predicted molar refractivity (Wildman–Crippen MR) is 146 cm³/mol. The molecule has 3 aromatic rings. The molecule has 0 aliphatic carbocycles. The van der Waals surface area contributed by atoms with Gasteiger partial charge in [0.1, 0.15) is 0 Å². The molecule has 212 valence electrons. The van der Waals surface area contributed by atoms with E-state index in [0.29, 0.717) is 23.7 Å². The SMILES string of the molecule is CC(=O)c1cccc(C(=O)NCc2cccc(-c3cccc(CN4CCNC(C)C4)c3)c2)c1.O=C(O)C(F)(F)F. The Labute approximate surface area is 231 Å². The topological polar surface area (TPSA) is 98.7 Å². The molecule has 1 aliphatic heterocycles. The van der Waals surface area contributed by atoms with Crippen LogP contribution in [0, 0.1) is 0 Å². The summed E-state index contributed by atoms with van der Waals surface area (Å²) < 4.78 is 31.7. The van der Waals surface area contributed by atoms with Crippen LogP contribution in [-0.2, 0) is 17.9 Å². The minimum Gasteiger partial charge on any atom is -0.475 e. The van der Waals surface area contributed by atoms with Crippen molar-refractivity contribution < 1.29 is 32.7 Å². The molecular weight excluding hydrogens is 523 g/mol. The number of ketones is 1. The summed E-state index contributed by atoms with van der Waals surface area (Å²) in [6.45, 7) is 8.28. The van der Waals surface area contributed by atoms with Crippen molar-refractivity contribution in [1.82, 2.24) is 15.5 Å². The highest BCUT2D eigenvalue weighted by Crippen LogP contribution is 2.23. The summed E-state index contributed by atoms with van der Waals surface area (Å²) in [5.41, 5.74) is 5.69. The molecule has 1 heterocycles. The molecule has 0 bridgehead atoms. The van der Waals surface area contributed by atoms with Gasteiger partial charge < -0.3 is 15.7 Å². The third-order valence-electron chi connectivity index (χ3n) is 6.27. The average molecular weight is 556 g/mol. The molecule has 7 nitrogen and oxygen atoms in total. The van der Waals surface area contributed by atoms with Crippen molar-refractivity contribution in [2.75, 3.05) is 19.6 Å². The van der Waals surface area contributed by atoms with Crippen LogP contribution >= 0.6 is 0 Å². The van der Waals surface area contributed by atoms with E-state index in [0.717, 1.165) is 37.3 Å². The number of amides is 1. The molecule has 1 saturated heterocycles. The van der Waals surface area contributed by atoms with Crippen LogP contribution in [0.4, 0.5) is 13.2 Å². The molecule has 1 aliphatic rings. The number of nitrogens with one attached hydrogen (secondary N) is 2. The van der Waals surface area contributed by atoms with Crippen molar-refractivity contribution in [2.45, 2.75) is 39.2 Å². The summed E-state index contributed by atoms with van der Waals surface area (Å²) in [5.74, 6) is -2.99. The van der Waals surface area contributed by atoms with Gasteiger partial charge >= 0.3 is 12.1 Å². The maximum Gasteiger partial charge on any atom is 0.490 e. The number of carboxylic acids is 1. The summed E-state index contributed by atoms with van der Waals surface area (Å²) in [4.78, 5) is 35.5. The number of nitrogens with zero attached hydrogens (tertiary/aromatic N) is 1. The summed E-state index contributed by atoms with van der Waals surface area (Å²) in [5, 5.41) is 13.6. The van der Waals surface area contributed by atoms with Gasteiger partial charge in [-0.1, -0.05) is 48.5 Å². The quantitative estimate of drug-likeness (QED) is 0.359. The third kappa shape index (κ3) is 9.32. The van der Waals surface area contributed by atoms with Crippen LogP contribution in [0.3, 0.4) is 0 Å². The summed E-state index contributed by atoms with van der Waals surface area (Å²) >= 11 is 0. The van der Waals surface area contributed by atoms with Crippen LogP contribution in [0.15, 0.2) is 72.8 Å². The van der Waals surface area contributed by atoms with Crippen LogP contribution in [0.5, 0.6) is 0 Å². The number of carbonyl (C=O) groups is 3. The van der Waals surface area contributed by atoms with Gasteiger partial charge in [0.05, 0.1) is 0 Å². The Morgan fingerprint density at radius 3 is 2.12 bits per heavy atom. The Morgan fingerprint density at radius 1 is 0.950 bits per heavy atom. The predicted octanol–water partition coefficient (Wildman–Crippen LogP) is 4.91. The number of alkyl halides is 3. The second kappa shape index (κ2) is 13.9. The zero-order valence-corrected chi connectivity index (χ0v) is 22.3. The van der Waals surface area contributed by atoms with Crippen LogP contribution in [-0.4, -0.2) is 59.5 Å². The Bertz CT molecular complexity index is 1340. The van der Waals surface area contributed by atoms with Crippen molar-refractivity contribution in [3.05, 3.63) is 95.1 Å². The minimum absolute atomic E-state index is 0.0500. The lowest BCUT2D eigenvalue weighted by Crippen LogP contribution is -2.48. The number of benzene rings is 3. The smallest absolute Gasteiger partial charge is 0.475 e. The first-order valence-electron chi connectivity index (χ1n) is 12.8. The van der Waals surface area contributed by atoms with Gasteiger partial charge in [-0.2, -0.15) is 13.2 Å². The highest BCUT2D eigenvalue weighted by Gasteiger charge is 2.38. The van der Waals surface area contributed by atoms with E-state index < -0.39 is 12.1 Å². The lowest BCUT2D eigenvalue weighted by Gasteiger charge is -2.31. The number of hydrogen-bond donors (Lipinski definition) is 3. The molecular formula is C30H32F3N3O4. The molecule has 3 N–H and O–H groups in total. The number of carboxylic acid groups (broad SMARTS) is 1. The molecule has 0 saturated carbocycles. The van der Waals surface area contributed by atoms with Gasteiger partial charge in [-0.05, 0) is 60.4 Å². The molecule has 0 spiro atoms. The maximum absolute atomic E-state index is 12.6. The first-order valence-corrected chi connectivity index (χ1v) is 12.8. The number of piperazine rings is 1. The lowest BCUT2D eigenvalue weighted by molar-refractivity contribution is -0.192. The Kier molecular flexibility index (Phi) is 10.6. The normalized spacial score (nSPS) is 15.5. The number of halogens is 3. The summed E-state index contributed by atoms with van der Waals surface area (Å²) in [6, 6.07) is 24.3. The Hall–Kier alpha value is -4.02. The highest BCUT2D eigenvalue weighted by atomic mass is 19.4. The van der Waals surface area contributed by atoms with E-state index in [2.05, 4.69) is 58.9 Å². The average Bonchev–Trinajstić information content (AvgIpc) is 2.92. The van der Waals surface area contributed by atoms with E-state index in [1.165, 1.54) is 18.1 Å². The fourth-order valence-corrected chi connectivity index (χ4v) is 4.29. The highest BCUT2D eigenvalue weighted by molar-refractivity contribution is 5.99. The van der Waals surface area contributed by atoms with Crippen molar-refractivity contribution in [2.24, 2.45) is 0 Å². The number of carbonyl (C=O) groups excluding carboxylic acids is 2. The van der Waals surface area contributed by atoms with E-state index in [1.54, 1.807) is 24.3 Å². The fraction of sp³-hybridized carbons (Fsp3) is 0.300. The van der Waals surface area contributed by atoms with E-state index in [1.807, 2.05) is 12.1 Å². The molecule has 1 atom stereocenters. The standard InChI is InChI=1S/C28H31N3O2.C2HF3O2/c1-20-18-31(13-12-29-20)19-23-7-4-10-26(15-23)25-9-3-6-22(14-25)17-30-28(33)27-11-5-8-24(16-27)21(2)32;3-2(4,5)1(6)7/h3-11,14-16,20,29H,12-13,17-19H2,1-2H3,(H,30,33);(H,6,7). The molecule has 3 aromatic carbocycles. The van der Waals surface area contributed by atoms with Crippen molar-refractivity contribution in [3.8, 4) is 11.1 Å². The van der Waals surface area contributed by atoms with E-state index >= 15 is 0 Å².